The second-order valence-corrected chi connectivity index (χ2v) is 4.39. The van der Waals surface area contributed by atoms with Crippen LogP contribution in [-0.4, -0.2) is 23.5 Å². The summed E-state index contributed by atoms with van der Waals surface area (Å²) in [6.07, 6.45) is 4.11. The van der Waals surface area contributed by atoms with Crippen molar-refractivity contribution >= 4 is 11.9 Å². The van der Waals surface area contributed by atoms with Crippen LogP contribution in [0, 0.1) is 11.8 Å². The van der Waals surface area contributed by atoms with E-state index in [-0.39, 0.29) is 24.8 Å². The molecule has 0 aromatic heterocycles. The van der Waals surface area contributed by atoms with Crippen LogP contribution >= 0.6 is 0 Å². The third kappa shape index (κ3) is 4.32. The SMILES string of the molecule is CC1CCC(C(=O)NCCC(=O)O)CC1. The molecule has 0 radical (unpaired) electrons. The summed E-state index contributed by atoms with van der Waals surface area (Å²) in [7, 11) is 0. The molecule has 1 rings (SSSR count). The molecule has 0 saturated heterocycles. The van der Waals surface area contributed by atoms with Crippen molar-refractivity contribution in [2.45, 2.75) is 39.0 Å². The molecule has 1 fully saturated rings. The number of carbonyl (C=O) groups excluding carboxylic acids is 1. The van der Waals surface area contributed by atoms with Gasteiger partial charge in [0.25, 0.3) is 0 Å². The highest BCUT2D eigenvalue weighted by Crippen LogP contribution is 2.28. The van der Waals surface area contributed by atoms with E-state index < -0.39 is 5.97 Å². The summed E-state index contributed by atoms with van der Waals surface area (Å²) in [6, 6.07) is 0. The fourth-order valence-electron chi connectivity index (χ4n) is 1.96. The highest BCUT2D eigenvalue weighted by atomic mass is 16.4. The summed E-state index contributed by atoms with van der Waals surface area (Å²) in [6.45, 7) is 2.46. The molecule has 2 N–H and O–H groups in total. The molecule has 4 heteroatoms. The molecule has 15 heavy (non-hydrogen) atoms. The number of hydrogen-bond donors (Lipinski definition) is 2. The van der Waals surface area contributed by atoms with E-state index in [1.54, 1.807) is 0 Å². The van der Waals surface area contributed by atoms with Crippen LogP contribution in [0.3, 0.4) is 0 Å². The number of carboxylic acid groups (broad SMARTS) is 1. The summed E-state index contributed by atoms with van der Waals surface area (Å²) in [5.41, 5.74) is 0. The van der Waals surface area contributed by atoms with Crippen LogP contribution in [0.5, 0.6) is 0 Å². The van der Waals surface area contributed by atoms with Crippen LogP contribution < -0.4 is 5.32 Å². The first-order valence-corrected chi connectivity index (χ1v) is 5.59. The Bertz CT molecular complexity index is 232. The van der Waals surface area contributed by atoms with Crippen molar-refractivity contribution in [2.75, 3.05) is 6.54 Å². The molecule has 0 aliphatic heterocycles. The number of carbonyl (C=O) groups is 2. The van der Waals surface area contributed by atoms with Gasteiger partial charge in [0.2, 0.25) is 5.91 Å². The molecule has 1 saturated carbocycles. The zero-order valence-corrected chi connectivity index (χ0v) is 9.16. The standard InChI is InChI=1S/C11H19NO3/c1-8-2-4-9(5-3-8)11(15)12-7-6-10(13)14/h8-9H,2-7H2,1H3,(H,12,15)(H,13,14). The molecule has 1 aliphatic carbocycles. The van der Waals surface area contributed by atoms with Crippen molar-refractivity contribution in [3.63, 3.8) is 0 Å². The van der Waals surface area contributed by atoms with Crippen molar-refractivity contribution in [3.05, 3.63) is 0 Å². The molecule has 0 unspecified atom stereocenters. The molecule has 0 bridgehead atoms. The van der Waals surface area contributed by atoms with Crippen LogP contribution in [0.4, 0.5) is 0 Å². The highest BCUT2D eigenvalue weighted by molar-refractivity contribution is 5.79. The number of nitrogens with one attached hydrogen (secondary N) is 1. The first kappa shape index (κ1) is 12.0. The second kappa shape index (κ2) is 5.73. The van der Waals surface area contributed by atoms with E-state index in [4.69, 9.17) is 5.11 Å². The molecule has 0 aromatic carbocycles. The van der Waals surface area contributed by atoms with Crippen molar-refractivity contribution in [2.24, 2.45) is 11.8 Å². The molecule has 4 nitrogen and oxygen atoms in total. The Morgan fingerprint density at radius 3 is 2.40 bits per heavy atom. The second-order valence-electron chi connectivity index (χ2n) is 4.39. The molecular weight excluding hydrogens is 194 g/mol. The first-order chi connectivity index (χ1) is 7.09. The average Bonchev–Trinajstić information content (AvgIpc) is 2.18. The minimum absolute atomic E-state index is 0.00879. The van der Waals surface area contributed by atoms with Gasteiger partial charge in [-0.3, -0.25) is 9.59 Å². The number of hydrogen-bond acceptors (Lipinski definition) is 2. The lowest BCUT2D eigenvalue weighted by molar-refractivity contribution is -0.137. The maximum Gasteiger partial charge on any atom is 0.305 e. The molecule has 1 amide bonds. The van der Waals surface area contributed by atoms with E-state index in [0.29, 0.717) is 0 Å². The number of carboxylic acids is 1. The Morgan fingerprint density at radius 2 is 1.87 bits per heavy atom. The fourth-order valence-corrected chi connectivity index (χ4v) is 1.96. The Morgan fingerprint density at radius 1 is 1.27 bits per heavy atom. The summed E-state index contributed by atoms with van der Waals surface area (Å²) in [5, 5.41) is 11.1. The monoisotopic (exact) mass is 213 g/mol. The zero-order valence-electron chi connectivity index (χ0n) is 9.16. The van der Waals surface area contributed by atoms with Gasteiger partial charge in [-0.2, -0.15) is 0 Å². The number of amides is 1. The van der Waals surface area contributed by atoms with Gasteiger partial charge >= 0.3 is 5.97 Å². The predicted octanol–water partition coefficient (Wildman–Crippen LogP) is 1.40. The van der Waals surface area contributed by atoms with Crippen LogP contribution in [0.2, 0.25) is 0 Å². The van der Waals surface area contributed by atoms with Crippen LogP contribution in [0.1, 0.15) is 39.0 Å². The van der Waals surface area contributed by atoms with E-state index in [2.05, 4.69) is 12.2 Å². The van der Waals surface area contributed by atoms with Crippen molar-refractivity contribution in [1.29, 1.82) is 0 Å². The van der Waals surface area contributed by atoms with Gasteiger partial charge in [0.15, 0.2) is 0 Å². The highest BCUT2D eigenvalue weighted by Gasteiger charge is 2.23. The topological polar surface area (TPSA) is 66.4 Å². The van der Waals surface area contributed by atoms with Crippen molar-refractivity contribution in [3.8, 4) is 0 Å². The normalized spacial score (nSPS) is 25.9. The molecule has 86 valence electrons. The largest absolute Gasteiger partial charge is 0.481 e. The van der Waals surface area contributed by atoms with E-state index in [1.807, 2.05) is 0 Å². The van der Waals surface area contributed by atoms with Crippen molar-refractivity contribution in [1.82, 2.24) is 5.32 Å². The number of aliphatic carboxylic acids is 1. The lowest BCUT2D eigenvalue weighted by atomic mass is 9.82. The Labute approximate surface area is 90.0 Å². The lowest BCUT2D eigenvalue weighted by Gasteiger charge is -2.25. The van der Waals surface area contributed by atoms with Gasteiger partial charge in [-0.15, -0.1) is 0 Å². The fraction of sp³-hybridized carbons (Fsp3) is 0.818. The maximum atomic E-state index is 11.6. The van der Waals surface area contributed by atoms with Gasteiger partial charge in [0.1, 0.15) is 0 Å². The predicted molar refractivity (Wildman–Crippen MR) is 56.4 cm³/mol. The smallest absolute Gasteiger partial charge is 0.305 e. The minimum atomic E-state index is -0.868. The van der Waals surface area contributed by atoms with Gasteiger partial charge < -0.3 is 10.4 Å². The molecule has 0 spiro atoms. The Kier molecular flexibility index (Phi) is 4.59. The van der Waals surface area contributed by atoms with Gasteiger partial charge in [-0.1, -0.05) is 6.92 Å². The van der Waals surface area contributed by atoms with E-state index in [9.17, 15) is 9.59 Å². The van der Waals surface area contributed by atoms with Gasteiger partial charge in [0, 0.05) is 12.5 Å². The minimum Gasteiger partial charge on any atom is -0.481 e. The van der Waals surface area contributed by atoms with Gasteiger partial charge in [-0.25, -0.2) is 0 Å². The summed E-state index contributed by atoms with van der Waals surface area (Å²) in [5.74, 6) is -0.00113. The van der Waals surface area contributed by atoms with Gasteiger partial charge in [-0.05, 0) is 31.6 Å². The molecule has 0 aromatic rings. The lowest BCUT2D eigenvalue weighted by Crippen LogP contribution is -2.34. The molecule has 0 heterocycles. The van der Waals surface area contributed by atoms with Crippen LogP contribution in [0.25, 0.3) is 0 Å². The average molecular weight is 213 g/mol. The summed E-state index contributed by atoms with van der Waals surface area (Å²) in [4.78, 5) is 21.8. The molecule has 1 aliphatic rings. The Balaban J connectivity index is 2.19. The number of rotatable bonds is 4. The van der Waals surface area contributed by atoms with Crippen LogP contribution in [-0.2, 0) is 9.59 Å². The Hall–Kier alpha value is -1.06. The third-order valence-electron chi connectivity index (χ3n) is 3.02. The third-order valence-corrected chi connectivity index (χ3v) is 3.02. The maximum absolute atomic E-state index is 11.6. The quantitative estimate of drug-likeness (QED) is 0.742. The van der Waals surface area contributed by atoms with E-state index in [1.165, 1.54) is 0 Å². The molecular formula is C11H19NO3. The van der Waals surface area contributed by atoms with Crippen molar-refractivity contribution < 1.29 is 14.7 Å². The van der Waals surface area contributed by atoms with E-state index in [0.717, 1.165) is 31.6 Å². The molecule has 0 atom stereocenters. The first-order valence-electron chi connectivity index (χ1n) is 5.59. The van der Waals surface area contributed by atoms with E-state index >= 15 is 0 Å². The van der Waals surface area contributed by atoms with Gasteiger partial charge in [0.05, 0.1) is 6.42 Å². The summed E-state index contributed by atoms with van der Waals surface area (Å²) >= 11 is 0. The zero-order chi connectivity index (χ0) is 11.3. The van der Waals surface area contributed by atoms with Crippen LogP contribution in [0.15, 0.2) is 0 Å². The summed E-state index contributed by atoms with van der Waals surface area (Å²) < 4.78 is 0.